The Bertz CT molecular complexity index is 361. The molecule has 0 radical (unpaired) electrons. The van der Waals surface area contributed by atoms with E-state index >= 15 is 0 Å². The number of carbonyl (C=O) groups is 1. The van der Waals surface area contributed by atoms with Crippen molar-refractivity contribution in [3.05, 3.63) is 33.3 Å². The third kappa shape index (κ3) is 2.17. The first-order chi connectivity index (χ1) is 6.61. The van der Waals surface area contributed by atoms with Gasteiger partial charge >= 0.3 is 5.97 Å². The second-order valence-electron chi connectivity index (χ2n) is 2.86. The summed E-state index contributed by atoms with van der Waals surface area (Å²) < 4.78 is 5.53. The summed E-state index contributed by atoms with van der Waals surface area (Å²) in [5, 5.41) is 0.635. The van der Waals surface area contributed by atoms with Crippen LogP contribution in [0, 0.1) is 6.92 Å². The van der Waals surface area contributed by atoms with Crippen LogP contribution in [0.3, 0.4) is 0 Å². The lowest BCUT2D eigenvalue weighted by atomic mass is 10.1. The molecule has 1 rings (SSSR count). The van der Waals surface area contributed by atoms with Crippen molar-refractivity contribution >= 4 is 37.8 Å². The summed E-state index contributed by atoms with van der Waals surface area (Å²) in [4.78, 5) is 11.5. The summed E-state index contributed by atoms with van der Waals surface area (Å²) >= 11 is 6.73. The summed E-state index contributed by atoms with van der Waals surface area (Å²) in [5.41, 5.74) is 2.55. The fraction of sp³-hybridized carbons (Fsp3) is 0.300. The Balaban J connectivity index is 3.35. The Hall–Kier alpha value is -0.350. The Kier molecular flexibility index (Phi) is 4.13. The van der Waals surface area contributed by atoms with Crippen LogP contribution in [0.25, 0.3) is 0 Å². The number of aryl methyl sites for hydroxylation is 1. The Labute approximate surface area is 99.9 Å². The number of hydrogen-bond acceptors (Lipinski definition) is 2. The van der Waals surface area contributed by atoms with Crippen molar-refractivity contribution in [2.75, 3.05) is 7.11 Å². The van der Waals surface area contributed by atoms with Gasteiger partial charge in [0.1, 0.15) is 0 Å². The number of hydrogen-bond donors (Lipinski definition) is 0. The number of halogens is 2. The summed E-state index contributed by atoms with van der Waals surface area (Å²) in [6.07, 6.45) is 0. The molecule has 0 atom stereocenters. The summed E-state index contributed by atoms with van der Waals surface area (Å²) in [6.45, 7) is 1.94. The lowest BCUT2D eigenvalue weighted by Gasteiger charge is -2.09. The van der Waals surface area contributed by atoms with Crippen molar-refractivity contribution in [1.29, 1.82) is 0 Å². The van der Waals surface area contributed by atoms with Crippen LogP contribution in [0.1, 0.15) is 21.5 Å². The summed E-state index contributed by atoms with van der Waals surface area (Å²) in [5.74, 6) is -0.310. The molecular formula is C10H10Br2O2. The second-order valence-corrected chi connectivity index (χ2v) is 4.21. The summed E-state index contributed by atoms with van der Waals surface area (Å²) in [7, 11) is 1.38. The predicted octanol–water partition coefficient (Wildman–Crippen LogP) is 3.44. The van der Waals surface area contributed by atoms with E-state index in [1.807, 2.05) is 19.1 Å². The molecule has 0 saturated heterocycles. The molecule has 0 fully saturated rings. The number of ether oxygens (including phenoxy) is 1. The molecule has 2 nitrogen and oxygen atoms in total. The van der Waals surface area contributed by atoms with Crippen molar-refractivity contribution in [2.24, 2.45) is 0 Å². The normalized spacial score (nSPS) is 10.0. The van der Waals surface area contributed by atoms with Gasteiger partial charge < -0.3 is 4.74 Å². The van der Waals surface area contributed by atoms with Gasteiger partial charge in [0.2, 0.25) is 0 Å². The van der Waals surface area contributed by atoms with E-state index in [0.717, 1.165) is 15.6 Å². The Morgan fingerprint density at radius 2 is 2.14 bits per heavy atom. The quantitative estimate of drug-likeness (QED) is 0.616. The zero-order chi connectivity index (χ0) is 10.7. The molecular weight excluding hydrogens is 312 g/mol. The maximum Gasteiger partial charge on any atom is 0.339 e. The van der Waals surface area contributed by atoms with Crippen molar-refractivity contribution in [1.82, 2.24) is 0 Å². The van der Waals surface area contributed by atoms with Crippen LogP contribution in [0.2, 0.25) is 0 Å². The highest BCUT2D eigenvalue weighted by atomic mass is 79.9. The molecule has 0 aliphatic carbocycles. The lowest BCUT2D eigenvalue weighted by molar-refractivity contribution is 0.0598. The fourth-order valence-electron chi connectivity index (χ4n) is 1.15. The van der Waals surface area contributed by atoms with E-state index in [1.165, 1.54) is 7.11 Å². The van der Waals surface area contributed by atoms with Gasteiger partial charge in [-0.15, -0.1) is 0 Å². The van der Waals surface area contributed by atoms with Gasteiger partial charge in [-0.1, -0.05) is 28.1 Å². The summed E-state index contributed by atoms with van der Waals surface area (Å²) in [6, 6.07) is 3.88. The maximum atomic E-state index is 11.5. The second kappa shape index (κ2) is 4.94. The highest BCUT2D eigenvalue weighted by Crippen LogP contribution is 2.26. The number of methoxy groups -OCH3 is 1. The zero-order valence-corrected chi connectivity index (χ0v) is 11.1. The molecule has 0 aromatic heterocycles. The van der Waals surface area contributed by atoms with E-state index in [-0.39, 0.29) is 5.97 Å². The molecule has 0 amide bonds. The van der Waals surface area contributed by atoms with Crippen molar-refractivity contribution in [3.8, 4) is 0 Å². The molecule has 0 aliphatic heterocycles. The van der Waals surface area contributed by atoms with E-state index < -0.39 is 0 Å². The van der Waals surface area contributed by atoms with Gasteiger partial charge in [-0.2, -0.15) is 0 Å². The predicted molar refractivity (Wildman–Crippen MR) is 62.8 cm³/mol. The number of esters is 1. The molecule has 1 aromatic carbocycles. The molecule has 0 heterocycles. The van der Waals surface area contributed by atoms with Gasteiger partial charge in [-0.3, -0.25) is 0 Å². The molecule has 0 aliphatic rings. The molecule has 0 N–H and O–H groups in total. The molecule has 0 spiro atoms. The van der Waals surface area contributed by atoms with E-state index in [0.29, 0.717) is 10.9 Å². The van der Waals surface area contributed by atoms with Crippen LogP contribution in [-0.4, -0.2) is 13.1 Å². The molecule has 1 aromatic rings. The molecule has 4 heteroatoms. The van der Waals surface area contributed by atoms with Crippen molar-refractivity contribution in [3.63, 3.8) is 0 Å². The fourth-order valence-corrected chi connectivity index (χ4v) is 2.17. The third-order valence-corrected chi connectivity index (χ3v) is 3.58. The standard InChI is InChI=1S/C10H10Br2O2/c1-6-3-4-7(5-11)8(9(6)12)10(13)14-2/h3-4H,5H2,1-2H3. The van der Waals surface area contributed by atoms with Crippen LogP contribution in [0.15, 0.2) is 16.6 Å². The van der Waals surface area contributed by atoms with Crippen LogP contribution in [0.5, 0.6) is 0 Å². The topological polar surface area (TPSA) is 26.3 Å². The minimum Gasteiger partial charge on any atom is -0.465 e. The minimum atomic E-state index is -0.310. The first kappa shape index (κ1) is 11.7. The highest BCUT2D eigenvalue weighted by Gasteiger charge is 2.16. The van der Waals surface area contributed by atoms with E-state index in [1.54, 1.807) is 0 Å². The molecule has 14 heavy (non-hydrogen) atoms. The van der Waals surface area contributed by atoms with Gasteiger partial charge in [0.15, 0.2) is 0 Å². The third-order valence-electron chi connectivity index (χ3n) is 1.95. The number of rotatable bonds is 2. The zero-order valence-electron chi connectivity index (χ0n) is 7.93. The smallest absolute Gasteiger partial charge is 0.339 e. The first-order valence-corrected chi connectivity index (χ1v) is 5.95. The van der Waals surface area contributed by atoms with Gasteiger partial charge in [0.25, 0.3) is 0 Å². The van der Waals surface area contributed by atoms with E-state index in [4.69, 9.17) is 4.74 Å². The van der Waals surface area contributed by atoms with Gasteiger partial charge in [-0.25, -0.2) is 4.79 Å². The molecule has 0 saturated carbocycles. The first-order valence-electron chi connectivity index (χ1n) is 4.04. The minimum absolute atomic E-state index is 0.310. The van der Waals surface area contributed by atoms with Crippen molar-refractivity contribution < 1.29 is 9.53 Å². The molecule has 0 unspecified atom stereocenters. The molecule has 76 valence electrons. The van der Waals surface area contributed by atoms with Gasteiger partial charge in [-0.05, 0) is 34.0 Å². The van der Waals surface area contributed by atoms with Crippen LogP contribution in [-0.2, 0) is 10.1 Å². The van der Waals surface area contributed by atoms with Gasteiger partial charge in [0.05, 0.1) is 12.7 Å². The Morgan fingerprint density at radius 3 is 2.64 bits per heavy atom. The van der Waals surface area contributed by atoms with Crippen LogP contribution >= 0.6 is 31.9 Å². The van der Waals surface area contributed by atoms with Crippen LogP contribution < -0.4 is 0 Å². The van der Waals surface area contributed by atoms with Gasteiger partial charge in [0, 0.05) is 9.80 Å². The van der Waals surface area contributed by atoms with Crippen molar-refractivity contribution in [2.45, 2.75) is 12.3 Å². The lowest BCUT2D eigenvalue weighted by Crippen LogP contribution is -2.06. The molecule has 0 bridgehead atoms. The largest absolute Gasteiger partial charge is 0.465 e. The maximum absolute atomic E-state index is 11.5. The van der Waals surface area contributed by atoms with E-state index in [2.05, 4.69) is 31.9 Å². The Morgan fingerprint density at radius 1 is 1.50 bits per heavy atom. The number of benzene rings is 1. The van der Waals surface area contributed by atoms with Crippen LogP contribution in [0.4, 0.5) is 0 Å². The average molecular weight is 322 g/mol. The number of alkyl halides is 1. The highest BCUT2D eigenvalue weighted by molar-refractivity contribution is 9.10. The number of carbonyl (C=O) groups excluding carboxylic acids is 1. The SMILES string of the molecule is COC(=O)c1c(CBr)ccc(C)c1Br. The van der Waals surface area contributed by atoms with E-state index in [9.17, 15) is 4.79 Å². The average Bonchev–Trinajstić information content (AvgIpc) is 2.20. The monoisotopic (exact) mass is 320 g/mol.